The van der Waals surface area contributed by atoms with Gasteiger partial charge < -0.3 is 0 Å². The summed E-state index contributed by atoms with van der Waals surface area (Å²) in [5.74, 6) is -3.70. The fraction of sp³-hybridized carbons (Fsp3) is 0.273. The molecule has 0 aromatic heterocycles. The lowest BCUT2D eigenvalue weighted by atomic mass is 9.64. The second-order valence-electron chi connectivity index (χ2n) is 3.83. The van der Waals surface area contributed by atoms with Crippen molar-refractivity contribution in [2.45, 2.75) is 18.3 Å². The Morgan fingerprint density at radius 2 is 1.69 bits per heavy atom. The molecular weight excluding hydrogens is 219 g/mol. The summed E-state index contributed by atoms with van der Waals surface area (Å²) in [7, 11) is 0. The molecule has 1 aromatic rings. The van der Waals surface area contributed by atoms with Crippen LogP contribution in [0.1, 0.15) is 18.4 Å². The molecule has 0 bridgehead atoms. The van der Waals surface area contributed by atoms with E-state index in [9.17, 15) is 18.0 Å². The Labute approximate surface area is 89.3 Å². The number of halogens is 3. The number of nitrogens with zero attached hydrogens (tertiary/aromatic N) is 1. The Morgan fingerprint density at radius 1 is 1.12 bits per heavy atom. The molecule has 82 valence electrons. The highest BCUT2D eigenvalue weighted by Gasteiger charge is 2.47. The minimum atomic E-state index is -1.32. The van der Waals surface area contributed by atoms with Gasteiger partial charge in [-0.25, -0.2) is 13.2 Å². The van der Waals surface area contributed by atoms with E-state index in [1.165, 1.54) is 0 Å². The minimum Gasteiger partial charge on any atom is -0.300 e. The third kappa shape index (κ3) is 1.38. The van der Waals surface area contributed by atoms with Crippen LogP contribution >= 0.6 is 0 Å². The highest BCUT2D eigenvalue weighted by Crippen LogP contribution is 2.42. The molecule has 2 nitrogen and oxygen atoms in total. The Morgan fingerprint density at radius 3 is 2.19 bits per heavy atom. The maximum atomic E-state index is 13.4. The predicted molar refractivity (Wildman–Crippen MR) is 47.8 cm³/mol. The third-order valence-electron chi connectivity index (χ3n) is 2.74. The molecule has 16 heavy (non-hydrogen) atoms. The molecule has 1 aliphatic carbocycles. The van der Waals surface area contributed by atoms with Crippen LogP contribution in [0.3, 0.4) is 0 Å². The minimum absolute atomic E-state index is 0.147. The monoisotopic (exact) mass is 225 g/mol. The van der Waals surface area contributed by atoms with Crippen LogP contribution < -0.4 is 0 Å². The number of hydrogen-bond donors (Lipinski definition) is 0. The first-order chi connectivity index (χ1) is 7.48. The first kappa shape index (κ1) is 10.7. The quantitative estimate of drug-likeness (QED) is 0.687. The van der Waals surface area contributed by atoms with Crippen LogP contribution in [0.2, 0.25) is 0 Å². The third-order valence-corrected chi connectivity index (χ3v) is 2.74. The molecule has 0 spiro atoms. The van der Waals surface area contributed by atoms with E-state index in [0.29, 0.717) is 12.1 Å². The smallest absolute Gasteiger partial charge is 0.161 e. The molecule has 1 aliphatic rings. The zero-order valence-electron chi connectivity index (χ0n) is 8.06. The van der Waals surface area contributed by atoms with Crippen molar-refractivity contribution in [1.29, 1.82) is 5.26 Å². The fourth-order valence-electron chi connectivity index (χ4n) is 1.84. The van der Waals surface area contributed by atoms with E-state index in [0.717, 1.165) is 0 Å². The fourth-order valence-corrected chi connectivity index (χ4v) is 1.84. The molecule has 1 aromatic carbocycles. The molecule has 0 heterocycles. The lowest BCUT2D eigenvalue weighted by molar-refractivity contribution is -0.126. The van der Waals surface area contributed by atoms with Crippen molar-refractivity contribution in [3.05, 3.63) is 35.1 Å². The number of benzene rings is 1. The van der Waals surface area contributed by atoms with Crippen molar-refractivity contribution in [2.24, 2.45) is 0 Å². The Hall–Kier alpha value is -1.83. The lowest BCUT2D eigenvalue weighted by Gasteiger charge is -2.34. The number of carbonyl (C=O) groups excluding carboxylic acids is 1. The van der Waals surface area contributed by atoms with Crippen LogP contribution in [-0.4, -0.2) is 5.78 Å². The summed E-state index contributed by atoms with van der Waals surface area (Å²) in [6.07, 6.45) is -0.295. The van der Waals surface area contributed by atoms with E-state index in [1.54, 1.807) is 6.07 Å². The van der Waals surface area contributed by atoms with Crippen LogP contribution in [-0.2, 0) is 10.2 Å². The number of Topliss-reactive ketones (excluding diaryl/α,β-unsaturated/α-hetero) is 1. The number of rotatable bonds is 1. The van der Waals surface area contributed by atoms with Gasteiger partial charge in [-0.2, -0.15) is 5.26 Å². The van der Waals surface area contributed by atoms with Crippen molar-refractivity contribution in [2.75, 3.05) is 0 Å². The Bertz CT molecular complexity index is 511. The highest BCUT2D eigenvalue weighted by molar-refractivity contribution is 5.90. The van der Waals surface area contributed by atoms with E-state index in [1.807, 2.05) is 0 Å². The molecule has 0 radical (unpaired) electrons. The van der Waals surface area contributed by atoms with E-state index >= 15 is 0 Å². The molecule has 1 fully saturated rings. The molecule has 0 unspecified atom stereocenters. The van der Waals surface area contributed by atoms with Crippen molar-refractivity contribution < 1.29 is 18.0 Å². The number of carbonyl (C=O) groups is 1. The zero-order valence-corrected chi connectivity index (χ0v) is 8.06. The van der Waals surface area contributed by atoms with E-state index in [2.05, 4.69) is 0 Å². The molecule has 0 N–H and O–H groups in total. The van der Waals surface area contributed by atoms with Gasteiger partial charge >= 0.3 is 0 Å². The molecule has 0 atom stereocenters. The van der Waals surface area contributed by atoms with E-state index in [4.69, 9.17) is 5.26 Å². The van der Waals surface area contributed by atoms with Gasteiger partial charge in [0.15, 0.2) is 11.6 Å². The van der Waals surface area contributed by atoms with E-state index < -0.39 is 22.9 Å². The normalized spacial score (nSPS) is 17.8. The van der Waals surface area contributed by atoms with Gasteiger partial charge in [-0.05, 0) is 6.07 Å². The molecule has 2 rings (SSSR count). The van der Waals surface area contributed by atoms with Crippen LogP contribution in [0.25, 0.3) is 0 Å². The van der Waals surface area contributed by atoms with Gasteiger partial charge in [0.05, 0.1) is 11.5 Å². The number of nitriles is 1. The number of hydrogen-bond acceptors (Lipinski definition) is 2. The largest absolute Gasteiger partial charge is 0.300 e. The van der Waals surface area contributed by atoms with Gasteiger partial charge in [0.2, 0.25) is 0 Å². The zero-order chi connectivity index (χ0) is 11.9. The molecule has 0 aliphatic heterocycles. The highest BCUT2D eigenvalue weighted by atomic mass is 19.2. The second-order valence-corrected chi connectivity index (χ2v) is 3.83. The summed E-state index contributed by atoms with van der Waals surface area (Å²) < 4.78 is 39.0. The Kier molecular flexibility index (Phi) is 2.23. The Balaban J connectivity index is 2.53. The van der Waals surface area contributed by atoms with Crippen LogP contribution in [0, 0.1) is 28.8 Å². The van der Waals surface area contributed by atoms with Crippen molar-refractivity contribution in [1.82, 2.24) is 0 Å². The van der Waals surface area contributed by atoms with Crippen molar-refractivity contribution >= 4 is 5.78 Å². The summed E-state index contributed by atoms with van der Waals surface area (Å²) in [6, 6.07) is 2.85. The molecular formula is C11H6F3NO. The first-order valence-corrected chi connectivity index (χ1v) is 4.56. The van der Waals surface area contributed by atoms with Crippen LogP contribution in [0.5, 0.6) is 0 Å². The molecule has 1 saturated carbocycles. The lowest BCUT2D eigenvalue weighted by Crippen LogP contribution is -2.41. The van der Waals surface area contributed by atoms with Crippen LogP contribution in [0.15, 0.2) is 12.1 Å². The van der Waals surface area contributed by atoms with E-state index in [-0.39, 0.29) is 24.2 Å². The predicted octanol–water partition coefficient (Wildman–Crippen LogP) is 2.23. The van der Waals surface area contributed by atoms with Gasteiger partial charge in [0.25, 0.3) is 0 Å². The van der Waals surface area contributed by atoms with Crippen molar-refractivity contribution in [3.63, 3.8) is 0 Å². The van der Waals surface area contributed by atoms with Crippen molar-refractivity contribution in [3.8, 4) is 6.07 Å². The van der Waals surface area contributed by atoms with Gasteiger partial charge in [-0.3, -0.25) is 4.79 Å². The van der Waals surface area contributed by atoms with Gasteiger partial charge in [-0.15, -0.1) is 0 Å². The topological polar surface area (TPSA) is 40.9 Å². The maximum absolute atomic E-state index is 13.4. The maximum Gasteiger partial charge on any atom is 0.161 e. The average Bonchev–Trinajstić information content (AvgIpc) is 2.19. The van der Waals surface area contributed by atoms with Crippen LogP contribution in [0.4, 0.5) is 13.2 Å². The standard InChI is InChI=1S/C11H6F3NO/c12-8-2-10(14)9(13)1-7(8)11(5-15)3-6(16)4-11/h1-2H,3-4H2. The summed E-state index contributed by atoms with van der Waals surface area (Å²) in [5, 5.41) is 8.91. The molecule has 0 amide bonds. The summed E-state index contributed by atoms with van der Waals surface area (Å²) >= 11 is 0. The summed E-state index contributed by atoms with van der Waals surface area (Å²) in [4.78, 5) is 10.9. The first-order valence-electron chi connectivity index (χ1n) is 4.56. The SMILES string of the molecule is N#CC1(c2cc(F)c(F)cc2F)CC(=O)C1. The average molecular weight is 225 g/mol. The van der Waals surface area contributed by atoms with Gasteiger partial charge in [0.1, 0.15) is 11.6 Å². The van der Waals surface area contributed by atoms with Gasteiger partial charge in [-0.1, -0.05) is 0 Å². The summed E-state index contributed by atoms with van der Waals surface area (Å²) in [6.45, 7) is 0. The number of ketones is 1. The molecule has 0 saturated heterocycles. The second kappa shape index (κ2) is 3.34. The summed E-state index contributed by atoms with van der Waals surface area (Å²) in [5.41, 5.74) is -1.57. The molecule has 5 heteroatoms. The van der Waals surface area contributed by atoms with Gasteiger partial charge in [0, 0.05) is 24.5 Å².